The van der Waals surface area contributed by atoms with E-state index in [1.165, 1.54) is 18.0 Å². The molecule has 0 fully saturated rings. The third-order valence-corrected chi connectivity index (χ3v) is 4.13. The summed E-state index contributed by atoms with van der Waals surface area (Å²) in [5.41, 5.74) is 1.15. The molecule has 0 spiro atoms. The van der Waals surface area contributed by atoms with Crippen molar-refractivity contribution in [2.24, 2.45) is 5.92 Å². The number of hydrogen-bond acceptors (Lipinski definition) is 4. The van der Waals surface area contributed by atoms with Gasteiger partial charge in [-0.1, -0.05) is 26.7 Å². The molecule has 0 unspecified atom stereocenters. The summed E-state index contributed by atoms with van der Waals surface area (Å²) in [6, 6.07) is 0. The molecular weight excluding hydrogens is 230 g/mol. The zero-order valence-electron chi connectivity index (χ0n) is 11.5. The van der Waals surface area contributed by atoms with Crippen molar-refractivity contribution in [2.75, 3.05) is 25.0 Å². The Hall–Kier alpha value is -0.610. The van der Waals surface area contributed by atoms with Crippen LogP contribution in [-0.4, -0.2) is 25.1 Å². The van der Waals surface area contributed by atoms with Gasteiger partial charge < -0.3 is 10.2 Å². The number of anilines is 1. The van der Waals surface area contributed by atoms with Crippen LogP contribution in [0.1, 0.15) is 39.3 Å². The van der Waals surface area contributed by atoms with Crippen molar-refractivity contribution < 1.29 is 0 Å². The van der Waals surface area contributed by atoms with Gasteiger partial charge >= 0.3 is 0 Å². The van der Waals surface area contributed by atoms with Crippen LogP contribution in [0.2, 0.25) is 0 Å². The summed E-state index contributed by atoms with van der Waals surface area (Å²) in [6.45, 7) is 9.80. The summed E-state index contributed by atoms with van der Waals surface area (Å²) in [6.07, 6.45) is 2.50. The molecule has 3 nitrogen and oxygen atoms in total. The van der Waals surface area contributed by atoms with Gasteiger partial charge in [0.15, 0.2) is 5.13 Å². The number of thiazole rings is 1. The second kappa shape index (κ2) is 7.67. The molecule has 1 aromatic heterocycles. The minimum Gasteiger partial charge on any atom is -0.348 e. The topological polar surface area (TPSA) is 28.2 Å². The van der Waals surface area contributed by atoms with Crippen LogP contribution in [0.25, 0.3) is 0 Å². The maximum atomic E-state index is 4.67. The van der Waals surface area contributed by atoms with Crippen LogP contribution >= 0.6 is 11.3 Å². The summed E-state index contributed by atoms with van der Waals surface area (Å²) in [4.78, 5) is 7.08. The number of nitrogens with zero attached hydrogens (tertiary/aromatic N) is 2. The van der Waals surface area contributed by atoms with Crippen LogP contribution in [0, 0.1) is 5.92 Å². The Kier molecular flexibility index (Phi) is 6.52. The number of rotatable bonds is 8. The van der Waals surface area contributed by atoms with Gasteiger partial charge in [0.1, 0.15) is 0 Å². The van der Waals surface area contributed by atoms with Gasteiger partial charge in [0.05, 0.1) is 5.69 Å². The molecule has 1 aromatic rings. The second-order valence-electron chi connectivity index (χ2n) is 4.37. The first-order chi connectivity index (χ1) is 8.24. The molecule has 0 aromatic carbocycles. The summed E-state index contributed by atoms with van der Waals surface area (Å²) in [5.74, 6) is 0.784. The van der Waals surface area contributed by atoms with Crippen molar-refractivity contribution in [1.29, 1.82) is 0 Å². The summed E-state index contributed by atoms with van der Waals surface area (Å²) in [5, 5.41) is 6.47. The third kappa shape index (κ3) is 4.28. The Morgan fingerprint density at radius 3 is 2.59 bits per heavy atom. The Labute approximate surface area is 109 Å². The lowest BCUT2D eigenvalue weighted by Crippen LogP contribution is -2.28. The van der Waals surface area contributed by atoms with Crippen LogP contribution in [0.5, 0.6) is 0 Å². The highest BCUT2D eigenvalue weighted by molar-refractivity contribution is 7.13. The molecule has 0 bridgehead atoms. The SMILES string of the molecule is CCC(CC)CN(CC)c1nc(CNC)cs1. The smallest absolute Gasteiger partial charge is 0.185 e. The fraction of sp³-hybridized carbons (Fsp3) is 0.769. The predicted octanol–water partition coefficient (Wildman–Crippen LogP) is 3.13. The first-order valence-electron chi connectivity index (χ1n) is 6.58. The first-order valence-corrected chi connectivity index (χ1v) is 7.46. The van der Waals surface area contributed by atoms with E-state index >= 15 is 0 Å². The average molecular weight is 255 g/mol. The van der Waals surface area contributed by atoms with Crippen molar-refractivity contribution in [2.45, 2.75) is 40.2 Å². The number of aromatic nitrogens is 1. The van der Waals surface area contributed by atoms with Crippen LogP contribution in [-0.2, 0) is 6.54 Å². The molecule has 0 aliphatic heterocycles. The fourth-order valence-electron chi connectivity index (χ4n) is 1.90. The minimum atomic E-state index is 0.784. The lowest BCUT2D eigenvalue weighted by molar-refractivity contribution is 0.485. The molecule has 0 atom stereocenters. The maximum absolute atomic E-state index is 4.67. The van der Waals surface area contributed by atoms with Crippen molar-refractivity contribution in [3.63, 3.8) is 0 Å². The highest BCUT2D eigenvalue weighted by Crippen LogP contribution is 2.22. The van der Waals surface area contributed by atoms with E-state index in [1.54, 1.807) is 11.3 Å². The lowest BCUT2D eigenvalue weighted by Gasteiger charge is -2.24. The fourth-order valence-corrected chi connectivity index (χ4v) is 2.80. The Bertz CT molecular complexity index is 307. The van der Waals surface area contributed by atoms with Crippen molar-refractivity contribution in [1.82, 2.24) is 10.3 Å². The van der Waals surface area contributed by atoms with E-state index < -0.39 is 0 Å². The normalized spacial score (nSPS) is 11.1. The lowest BCUT2D eigenvalue weighted by atomic mass is 10.0. The molecule has 1 rings (SSSR count). The Balaban J connectivity index is 2.64. The Morgan fingerprint density at radius 1 is 1.35 bits per heavy atom. The highest BCUT2D eigenvalue weighted by atomic mass is 32.1. The molecule has 0 saturated carbocycles. The molecular formula is C13H25N3S. The van der Waals surface area contributed by atoms with E-state index in [0.717, 1.165) is 31.2 Å². The van der Waals surface area contributed by atoms with E-state index in [4.69, 9.17) is 0 Å². The van der Waals surface area contributed by atoms with Crippen molar-refractivity contribution in [3.05, 3.63) is 11.1 Å². The zero-order chi connectivity index (χ0) is 12.7. The first kappa shape index (κ1) is 14.5. The number of nitrogens with one attached hydrogen (secondary N) is 1. The van der Waals surface area contributed by atoms with E-state index in [-0.39, 0.29) is 0 Å². The van der Waals surface area contributed by atoms with Gasteiger partial charge in [-0.2, -0.15) is 0 Å². The van der Waals surface area contributed by atoms with E-state index in [0.29, 0.717) is 0 Å². The molecule has 0 radical (unpaired) electrons. The largest absolute Gasteiger partial charge is 0.348 e. The maximum Gasteiger partial charge on any atom is 0.185 e. The summed E-state index contributed by atoms with van der Waals surface area (Å²) >= 11 is 1.76. The monoisotopic (exact) mass is 255 g/mol. The quantitative estimate of drug-likeness (QED) is 0.773. The molecule has 0 aliphatic carbocycles. The van der Waals surface area contributed by atoms with Crippen LogP contribution in [0.15, 0.2) is 5.38 Å². The van der Waals surface area contributed by atoms with Crippen molar-refractivity contribution in [3.8, 4) is 0 Å². The van der Waals surface area contributed by atoms with E-state index in [2.05, 4.69) is 41.4 Å². The van der Waals surface area contributed by atoms with Crippen LogP contribution in [0.4, 0.5) is 5.13 Å². The molecule has 17 heavy (non-hydrogen) atoms. The molecule has 4 heteroatoms. The van der Waals surface area contributed by atoms with Gasteiger partial charge in [-0.25, -0.2) is 4.98 Å². The molecule has 98 valence electrons. The average Bonchev–Trinajstić information content (AvgIpc) is 2.80. The highest BCUT2D eigenvalue weighted by Gasteiger charge is 2.13. The van der Waals surface area contributed by atoms with Gasteiger partial charge in [0.25, 0.3) is 0 Å². The molecule has 0 amide bonds. The number of hydrogen-bond donors (Lipinski definition) is 1. The van der Waals surface area contributed by atoms with Crippen molar-refractivity contribution >= 4 is 16.5 Å². The third-order valence-electron chi connectivity index (χ3n) is 3.18. The Morgan fingerprint density at radius 2 is 2.06 bits per heavy atom. The summed E-state index contributed by atoms with van der Waals surface area (Å²) in [7, 11) is 1.96. The van der Waals surface area contributed by atoms with Gasteiger partial charge in [0, 0.05) is 25.0 Å². The predicted molar refractivity (Wildman–Crippen MR) is 76.8 cm³/mol. The van der Waals surface area contributed by atoms with E-state index in [1.807, 2.05) is 7.05 Å². The van der Waals surface area contributed by atoms with Gasteiger partial charge in [-0.05, 0) is 19.9 Å². The summed E-state index contributed by atoms with van der Waals surface area (Å²) < 4.78 is 0. The standard InChI is InChI=1S/C13H25N3S/c1-5-11(6-2)9-16(7-3)13-15-12(8-14-4)10-17-13/h10-11,14H,5-9H2,1-4H3. The van der Waals surface area contributed by atoms with Crippen LogP contribution < -0.4 is 10.2 Å². The van der Waals surface area contributed by atoms with Crippen LogP contribution in [0.3, 0.4) is 0 Å². The molecule has 1 heterocycles. The van der Waals surface area contributed by atoms with Gasteiger partial charge in [0.2, 0.25) is 0 Å². The zero-order valence-corrected chi connectivity index (χ0v) is 12.3. The van der Waals surface area contributed by atoms with Gasteiger partial charge in [-0.3, -0.25) is 0 Å². The molecule has 0 aliphatic rings. The minimum absolute atomic E-state index is 0.784. The van der Waals surface area contributed by atoms with Gasteiger partial charge in [-0.15, -0.1) is 11.3 Å². The second-order valence-corrected chi connectivity index (χ2v) is 5.21. The van der Waals surface area contributed by atoms with E-state index in [9.17, 15) is 0 Å². The molecule has 0 saturated heterocycles. The molecule has 1 N–H and O–H groups in total.